The summed E-state index contributed by atoms with van der Waals surface area (Å²) in [6, 6.07) is 0. The summed E-state index contributed by atoms with van der Waals surface area (Å²) in [7, 11) is 0. The molecule has 0 amide bonds. The van der Waals surface area contributed by atoms with E-state index >= 15 is 0 Å². The normalized spacial score (nSPS) is 38.4. The molecule has 2 aliphatic heterocycles. The molecule has 16 nitrogen and oxygen atoms in total. The van der Waals surface area contributed by atoms with Gasteiger partial charge < -0.3 is 64.2 Å². The lowest BCUT2D eigenvalue weighted by Crippen LogP contribution is -2.64. The van der Waals surface area contributed by atoms with E-state index in [9.17, 15) is 35.7 Å². The van der Waals surface area contributed by atoms with Crippen molar-refractivity contribution in [2.45, 2.75) is 61.4 Å². The summed E-state index contributed by atoms with van der Waals surface area (Å²) in [5, 5.41) is 73.0. The first-order valence-corrected chi connectivity index (χ1v) is 10.7. The predicted molar refractivity (Wildman–Crippen MR) is 108 cm³/mol. The molecule has 0 spiro atoms. The second-order valence-corrected chi connectivity index (χ2v) is 7.55. The molecule has 0 aromatic carbocycles. The number of azide groups is 1. The highest BCUT2D eigenvalue weighted by Crippen LogP contribution is 2.29. The number of aliphatic hydroxyl groups is 7. The number of hydrogen-bond donors (Lipinski definition) is 7. The van der Waals surface area contributed by atoms with E-state index in [4.69, 9.17) is 34.0 Å². The van der Waals surface area contributed by atoms with Crippen LogP contribution >= 0.6 is 0 Å². The Hall–Kier alpha value is -1.21. The van der Waals surface area contributed by atoms with Crippen molar-refractivity contribution in [2.24, 2.45) is 5.11 Å². The SMILES string of the molecule is [N-]=[N+]=NCCOCCOCCO[C@@H]1OC(CO)[C@@H](O[C@@H]2OC(CO)[C@H](O)[C@H](O)C2O)[C@H](O)C1O. The minimum absolute atomic E-state index is 0.0243. The Morgan fingerprint density at radius 2 is 1.29 bits per heavy atom. The first kappa shape index (κ1) is 29.0. The zero-order valence-corrected chi connectivity index (χ0v) is 18.4. The van der Waals surface area contributed by atoms with Gasteiger partial charge in [0.05, 0.1) is 46.2 Å². The minimum atomic E-state index is -1.74. The molecule has 0 aliphatic carbocycles. The van der Waals surface area contributed by atoms with E-state index in [2.05, 4.69) is 10.0 Å². The highest BCUT2D eigenvalue weighted by Gasteiger charge is 2.50. The number of ether oxygens (including phenoxy) is 6. The van der Waals surface area contributed by atoms with Gasteiger partial charge in [0.1, 0.15) is 48.8 Å². The van der Waals surface area contributed by atoms with Crippen LogP contribution in [0.25, 0.3) is 10.4 Å². The molecule has 2 rings (SSSR count). The summed E-state index contributed by atoms with van der Waals surface area (Å²) >= 11 is 0. The van der Waals surface area contributed by atoms with Gasteiger partial charge in [-0.3, -0.25) is 0 Å². The van der Waals surface area contributed by atoms with Gasteiger partial charge in [-0.05, 0) is 5.53 Å². The van der Waals surface area contributed by atoms with Crippen molar-refractivity contribution in [3.8, 4) is 0 Å². The van der Waals surface area contributed by atoms with Gasteiger partial charge in [0.25, 0.3) is 0 Å². The third-order valence-electron chi connectivity index (χ3n) is 5.24. The quantitative estimate of drug-likeness (QED) is 0.0521. The van der Waals surface area contributed by atoms with Crippen molar-refractivity contribution < 1.29 is 64.2 Å². The smallest absolute Gasteiger partial charge is 0.187 e. The molecule has 2 aliphatic rings. The van der Waals surface area contributed by atoms with Gasteiger partial charge in [-0.2, -0.15) is 0 Å². The van der Waals surface area contributed by atoms with E-state index in [0.29, 0.717) is 0 Å². The van der Waals surface area contributed by atoms with Crippen LogP contribution < -0.4 is 0 Å². The van der Waals surface area contributed by atoms with Gasteiger partial charge >= 0.3 is 0 Å². The number of nitrogens with zero attached hydrogens (tertiary/aromatic N) is 3. The van der Waals surface area contributed by atoms with Crippen LogP contribution in [0, 0.1) is 0 Å². The second kappa shape index (κ2) is 15.0. The van der Waals surface area contributed by atoms with Crippen LogP contribution in [-0.4, -0.2) is 150 Å². The van der Waals surface area contributed by atoms with Gasteiger partial charge in [0.15, 0.2) is 12.6 Å². The van der Waals surface area contributed by atoms with Crippen molar-refractivity contribution in [3.63, 3.8) is 0 Å². The molecular weight excluding hydrogens is 466 g/mol. The van der Waals surface area contributed by atoms with E-state index in [1.165, 1.54) is 0 Å². The maximum Gasteiger partial charge on any atom is 0.187 e. The maximum atomic E-state index is 10.5. The summed E-state index contributed by atoms with van der Waals surface area (Å²) in [6.07, 6.45) is -15.1. The monoisotopic (exact) mass is 499 g/mol. The van der Waals surface area contributed by atoms with Gasteiger partial charge in [0.2, 0.25) is 0 Å². The van der Waals surface area contributed by atoms with E-state index in [0.717, 1.165) is 0 Å². The molecule has 2 fully saturated rings. The molecule has 0 aromatic rings. The first-order valence-electron chi connectivity index (χ1n) is 10.7. The maximum absolute atomic E-state index is 10.5. The first-order chi connectivity index (χ1) is 16.3. The van der Waals surface area contributed by atoms with Crippen LogP contribution in [0.15, 0.2) is 5.11 Å². The van der Waals surface area contributed by atoms with Gasteiger partial charge in [0, 0.05) is 11.5 Å². The fourth-order valence-corrected chi connectivity index (χ4v) is 3.39. The van der Waals surface area contributed by atoms with E-state index in [-0.39, 0.29) is 39.6 Å². The summed E-state index contributed by atoms with van der Waals surface area (Å²) in [5.41, 5.74) is 8.14. The standard InChI is InChI=1S/C18H33N3O13/c19-21-20-1-2-29-3-4-30-5-6-31-17-15(28)13(26)16(10(8-23)33-17)34-18-14(27)12(25)11(24)9(7-22)32-18/h9-18,22-28H,1-8H2/t9?,10?,11-,12-,13+,14?,15?,16+,17+,18-/m0/s1. The number of hydrogen-bond acceptors (Lipinski definition) is 14. The molecule has 2 heterocycles. The van der Waals surface area contributed by atoms with Crippen LogP contribution in [0.4, 0.5) is 0 Å². The minimum Gasteiger partial charge on any atom is -0.394 e. The lowest BCUT2D eigenvalue weighted by molar-refractivity contribution is -0.359. The van der Waals surface area contributed by atoms with Crippen molar-refractivity contribution in [3.05, 3.63) is 10.4 Å². The Labute approximate surface area is 194 Å². The Bertz CT molecular complexity index is 624. The third-order valence-corrected chi connectivity index (χ3v) is 5.24. The molecule has 0 bridgehead atoms. The van der Waals surface area contributed by atoms with Crippen LogP contribution in [0.5, 0.6) is 0 Å². The van der Waals surface area contributed by atoms with Crippen molar-refractivity contribution >= 4 is 0 Å². The molecule has 16 heteroatoms. The Morgan fingerprint density at radius 3 is 1.94 bits per heavy atom. The Kier molecular flexibility index (Phi) is 12.8. The van der Waals surface area contributed by atoms with Gasteiger partial charge in [-0.25, -0.2) is 0 Å². The third kappa shape index (κ3) is 7.91. The largest absolute Gasteiger partial charge is 0.394 e. The Morgan fingerprint density at radius 1 is 0.706 bits per heavy atom. The highest BCUT2D eigenvalue weighted by atomic mass is 16.7. The van der Waals surface area contributed by atoms with E-state index in [1.807, 2.05) is 0 Å². The highest BCUT2D eigenvalue weighted by molar-refractivity contribution is 4.94. The summed E-state index contributed by atoms with van der Waals surface area (Å²) < 4.78 is 32.0. The molecular formula is C18H33N3O13. The lowest BCUT2D eigenvalue weighted by atomic mass is 9.97. The molecule has 0 aromatic heterocycles. The van der Waals surface area contributed by atoms with Crippen molar-refractivity contribution in [2.75, 3.05) is 52.8 Å². The fraction of sp³-hybridized carbons (Fsp3) is 1.00. The van der Waals surface area contributed by atoms with Gasteiger partial charge in [-0.15, -0.1) is 0 Å². The molecule has 0 saturated carbocycles. The molecule has 34 heavy (non-hydrogen) atoms. The molecule has 198 valence electrons. The predicted octanol–water partition coefficient (Wildman–Crippen LogP) is -4.03. The summed E-state index contributed by atoms with van der Waals surface area (Å²) in [6.45, 7) is -0.266. The van der Waals surface area contributed by atoms with Crippen molar-refractivity contribution in [1.82, 2.24) is 0 Å². The average Bonchev–Trinajstić information content (AvgIpc) is 2.84. The molecule has 2 saturated heterocycles. The van der Waals surface area contributed by atoms with E-state index < -0.39 is 74.6 Å². The zero-order chi connectivity index (χ0) is 25.1. The van der Waals surface area contributed by atoms with Crippen molar-refractivity contribution in [1.29, 1.82) is 0 Å². The Balaban J connectivity index is 1.79. The number of rotatable bonds is 14. The average molecular weight is 499 g/mol. The molecule has 7 N–H and O–H groups in total. The molecule has 4 unspecified atom stereocenters. The van der Waals surface area contributed by atoms with Crippen LogP contribution in [-0.2, 0) is 28.4 Å². The molecule has 10 atom stereocenters. The van der Waals surface area contributed by atoms with Gasteiger partial charge in [-0.1, -0.05) is 5.11 Å². The summed E-state index contributed by atoms with van der Waals surface area (Å²) in [4.78, 5) is 2.59. The zero-order valence-electron chi connectivity index (χ0n) is 18.4. The fourth-order valence-electron chi connectivity index (χ4n) is 3.39. The molecule has 0 radical (unpaired) electrons. The van der Waals surface area contributed by atoms with Crippen LogP contribution in [0.1, 0.15) is 0 Å². The summed E-state index contributed by atoms with van der Waals surface area (Å²) in [5.74, 6) is 0. The topological polar surface area (TPSA) is 246 Å². The lowest BCUT2D eigenvalue weighted by Gasteiger charge is -2.45. The van der Waals surface area contributed by atoms with Crippen LogP contribution in [0.2, 0.25) is 0 Å². The second-order valence-electron chi connectivity index (χ2n) is 7.55. The van der Waals surface area contributed by atoms with Crippen LogP contribution in [0.3, 0.4) is 0 Å². The number of aliphatic hydroxyl groups excluding tert-OH is 7. The van der Waals surface area contributed by atoms with E-state index in [1.54, 1.807) is 0 Å².